The van der Waals surface area contributed by atoms with E-state index in [1.54, 1.807) is 20.8 Å². The standard InChI is InChI=1S/C19H22Cl3FN2O5S2/c1-19(2,3)30-18(27)24-7-9-5-4-6-10(8-24)11(9)13(23)17(26)25(32(28)29)14-12(20)15(21)31-16(14)22/h9-10H,4-8H2,1-3H3,(H,28,29). The number of amides is 2. The highest BCUT2D eigenvalue weighted by Gasteiger charge is 2.43. The van der Waals surface area contributed by atoms with Crippen LogP contribution in [0.3, 0.4) is 0 Å². The van der Waals surface area contributed by atoms with E-state index in [2.05, 4.69) is 0 Å². The van der Waals surface area contributed by atoms with Gasteiger partial charge >= 0.3 is 12.0 Å². The molecule has 2 aliphatic rings. The Morgan fingerprint density at radius 2 is 1.75 bits per heavy atom. The third-order valence-electron chi connectivity index (χ3n) is 5.25. The van der Waals surface area contributed by atoms with Crippen molar-refractivity contribution in [1.29, 1.82) is 0 Å². The number of carbonyl (C=O) groups excluding carboxylic acids is 2. The maximum atomic E-state index is 15.6. The minimum Gasteiger partial charge on any atom is -0.444 e. The number of nitrogens with zero attached hydrogens (tertiary/aromatic N) is 2. The van der Waals surface area contributed by atoms with E-state index < -0.39 is 46.5 Å². The second-order valence-corrected chi connectivity index (χ2v) is 12.1. The lowest BCUT2D eigenvalue weighted by Gasteiger charge is -2.43. The molecule has 13 heteroatoms. The van der Waals surface area contributed by atoms with Crippen molar-refractivity contribution in [2.24, 2.45) is 11.8 Å². The lowest BCUT2D eigenvalue weighted by molar-refractivity contribution is -0.115. The Balaban J connectivity index is 1.93. The van der Waals surface area contributed by atoms with Crippen molar-refractivity contribution in [3.8, 4) is 0 Å². The first-order valence-electron chi connectivity index (χ1n) is 9.78. The van der Waals surface area contributed by atoms with E-state index in [-0.39, 0.29) is 38.0 Å². The molecular formula is C19H22Cl3FN2O5S2. The highest BCUT2D eigenvalue weighted by atomic mass is 35.5. The summed E-state index contributed by atoms with van der Waals surface area (Å²) < 4.78 is 42.9. The van der Waals surface area contributed by atoms with Gasteiger partial charge in [0.05, 0.1) is 5.02 Å². The fourth-order valence-corrected chi connectivity index (χ4v) is 6.66. The second kappa shape index (κ2) is 9.76. The maximum Gasteiger partial charge on any atom is 0.410 e. The molecule has 1 aliphatic heterocycles. The molecule has 178 valence electrons. The summed E-state index contributed by atoms with van der Waals surface area (Å²) in [5.74, 6) is -3.29. The number of halogens is 4. The highest BCUT2D eigenvalue weighted by Crippen LogP contribution is 2.48. The lowest BCUT2D eigenvalue weighted by Crippen LogP contribution is -2.49. The van der Waals surface area contributed by atoms with Crippen molar-refractivity contribution in [1.82, 2.24) is 4.90 Å². The molecule has 1 aliphatic carbocycles. The van der Waals surface area contributed by atoms with Crippen LogP contribution in [0, 0.1) is 11.8 Å². The number of likely N-dealkylation sites (tertiary alicyclic amines) is 1. The van der Waals surface area contributed by atoms with E-state index >= 15 is 4.39 Å². The number of thiophene rings is 1. The molecule has 2 bridgehead atoms. The van der Waals surface area contributed by atoms with Crippen LogP contribution in [-0.2, 0) is 20.8 Å². The van der Waals surface area contributed by atoms with Crippen molar-refractivity contribution >= 4 is 75.1 Å². The minimum absolute atomic E-state index is 0.00511. The fourth-order valence-electron chi connectivity index (χ4n) is 4.06. The van der Waals surface area contributed by atoms with Crippen LogP contribution < -0.4 is 4.31 Å². The first-order chi connectivity index (χ1) is 14.8. The van der Waals surface area contributed by atoms with E-state index in [1.807, 2.05) is 0 Å². The SMILES string of the molecule is CC(C)(C)OC(=O)N1CC2CCCC(C1)C2=C(F)C(=O)N(c1c(Cl)sc(Cl)c1Cl)S(=O)O. The van der Waals surface area contributed by atoms with Gasteiger partial charge in [0.2, 0.25) is 0 Å². The van der Waals surface area contributed by atoms with Crippen molar-refractivity contribution in [3.05, 3.63) is 25.1 Å². The van der Waals surface area contributed by atoms with Crippen molar-refractivity contribution in [2.45, 2.75) is 45.6 Å². The average molecular weight is 548 g/mol. The summed E-state index contributed by atoms with van der Waals surface area (Å²) in [4.78, 5) is 27.1. The molecule has 3 rings (SSSR count). The van der Waals surface area contributed by atoms with Gasteiger partial charge in [-0.2, -0.15) is 4.31 Å². The van der Waals surface area contributed by atoms with Gasteiger partial charge < -0.3 is 9.64 Å². The van der Waals surface area contributed by atoms with E-state index in [9.17, 15) is 18.4 Å². The molecular weight excluding hydrogens is 526 g/mol. The lowest BCUT2D eigenvalue weighted by atomic mass is 9.73. The maximum absolute atomic E-state index is 15.6. The summed E-state index contributed by atoms with van der Waals surface area (Å²) >= 11 is 15.9. The van der Waals surface area contributed by atoms with E-state index in [0.29, 0.717) is 17.1 Å². The molecule has 3 atom stereocenters. The van der Waals surface area contributed by atoms with Crippen LogP contribution >= 0.6 is 46.1 Å². The first-order valence-corrected chi connectivity index (χ1v) is 12.8. The molecule has 2 fully saturated rings. The minimum atomic E-state index is -2.94. The number of carbonyl (C=O) groups is 2. The zero-order valence-corrected chi connectivity index (χ0v) is 21.4. The molecule has 0 aromatic carbocycles. The van der Waals surface area contributed by atoms with Gasteiger partial charge in [-0.15, -0.1) is 11.3 Å². The Hall–Kier alpha value is -0.910. The van der Waals surface area contributed by atoms with Gasteiger partial charge in [-0.1, -0.05) is 41.2 Å². The van der Waals surface area contributed by atoms with Gasteiger partial charge in [-0.3, -0.25) is 9.35 Å². The molecule has 1 aromatic heterocycles. The molecule has 1 saturated carbocycles. The summed E-state index contributed by atoms with van der Waals surface area (Å²) in [6.07, 6.45) is 1.46. The zero-order chi connectivity index (χ0) is 24.0. The number of piperidine rings is 1. The van der Waals surface area contributed by atoms with Crippen LogP contribution in [0.25, 0.3) is 0 Å². The van der Waals surface area contributed by atoms with Crippen LogP contribution in [0.5, 0.6) is 0 Å². The largest absolute Gasteiger partial charge is 0.444 e. The van der Waals surface area contributed by atoms with Crippen LogP contribution in [0.1, 0.15) is 40.0 Å². The Morgan fingerprint density at radius 3 is 2.19 bits per heavy atom. The van der Waals surface area contributed by atoms with Crippen LogP contribution in [0.15, 0.2) is 11.4 Å². The normalized spacial score (nSPS) is 21.9. The molecule has 32 heavy (non-hydrogen) atoms. The number of anilines is 1. The molecule has 1 saturated heterocycles. The van der Waals surface area contributed by atoms with Gasteiger partial charge in [0.25, 0.3) is 11.3 Å². The van der Waals surface area contributed by atoms with E-state index in [0.717, 1.165) is 17.8 Å². The van der Waals surface area contributed by atoms with Gasteiger partial charge in [0.15, 0.2) is 5.83 Å². The molecule has 1 aromatic rings. The first kappa shape index (κ1) is 25.7. The smallest absolute Gasteiger partial charge is 0.410 e. The Kier molecular flexibility index (Phi) is 7.84. The van der Waals surface area contributed by atoms with Crippen molar-refractivity contribution < 1.29 is 27.5 Å². The van der Waals surface area contributed by atoms with Crippen molar-refractivity contribution in [2.75, 3.05) is 17.4 Å². The van der Waals surface area contributed by atoms with Crippen LogP contribution in [0.2, 0.25) is 13.7 Å². The predicted molar refractivity (Wildman–Crippen MR) is 124 cm³/mol. The quantitative estimate of drug-likeness (QED) is 0.367. The summed E-state index contributed by atoms with van der Waals surface area (Å²) in [6, 6.07) is 0. The van der Waals surface area contributed by atoms with Gasteiger partial charge in [0, 0.05) is 24.9 Å². The third-order valence-corrected chi connectivity index (χ3v) is 8.07. The molecule has 0 radical (unpaired) electrons. The predicted octanol–water partition coefficient (Wildman–Crippen LogP) is 6.07. The number of ether oxygens (including phenoxy) is 1. The second-order valence-electron chi connectivity index (χ2n) is 8.62. The Morgan fingerprint density at radius 1 is 1.19 bits per heavy atom. The van der Waals surface area contributed by atoms with Crippen molar-refractivity contribution in [3.63, 3.8) is 0 Å². The topological polar surface area (TPSA) is 87.2 Å². The van der Waals surface area contributed by atoms with Gasteiger partial charge in [-0.25, -0.2) is 13.4 Å². The van der Waals surface area contributed by atoms with Crippen LogP contribution in [0.4, 0.5) is 14.9 Å². The summed E-state index contributed by atoms with van der Waals surface area (Å²) in [5.41, 5.74) is -0.749. The Labute approximate surface area is 206 Å². The molecule has 0 spiro atoms. The number of hydrogen-bond acceptors (Lipinski definition) is 5. The number of hydrogen-bond donors (Lipinski definition) is 1. The molecule has 3 unspecified atom stereocenters. The summed E-state index contributed by atoms with van der Waals surface area (Å²) in [7, 11) is 0. The Bertz CT molecular complexity index is 978. The molecule has 2 heterocycles. The van der Waals surface area contributed by atoms with E-state index in [1.165, 1.54) is 4.90 Å². The zero-order valence-electron chi connectivity index (χ0n) is 17.5. The molecule has 2 amide bonds. The summed E-state index contributed by atoms with van der Waals surface area (Å²) in [5, 5.41) is -0.213. The number of fused-ring (bicyclic) bond motifs is 2. The number of rotatable bonds is 3. The van der Waals surface area contributed by atoms with Gasteiger partial charge in [0.1, 0.15) is 20.0 Å². The molecule has 7 nitrogen and oxygen atoms in total. The average Bonchev–Trinajstić information content (AvgIpc) is 2.91. The molecule has 1 N–H and O–H groups in total. The summed E-state index contributed by atoms with van der Waals surface area (Å²) in [6.45, 7) is 5.66. The highest BCUT2D eigenvalue weighted by molar-refractivity contribution is 7.81. The van der Waals surface area contributed by atoms with E-state index in [4.69, 9.17) is 39.5 Å². The third kappa shape index (κ3) is 5.26. The van der Waals surface area contributed by atoms with Crippen LogP contribution in [-0.4, -0.2) is 44.4 Å². The van der Waals surface area contributed by atoms with Gasteiger partial charge in [-0.05, 0) is 39.2 Å². The monoisotopic (exact) mass is 546 g/mol. The fraction of sp³-hybridized carbons (Fsp3) is 0.579.